The van der Waals surface area contributed by atoms with Gasteiger partial charge in [-0.2, -0.15) is 0 Å². The average molecular weight is 378 g/mol. The van der Waals surface area contributed by atoms with Crippen molar-refractivity contribution in [2.45, 2.75) is 77.0 Å². The van der Waals surface area contributed by atoms with Crippen LogP contribution in [-0.2, 0) is 14.3 Å². The third kappa shape index (κ3) is 4.04. The van der Waals surface area contributed by atoms with E-state index in [2.05, 4.69) is 11.4 Å². The van der Waals surface area contributed by atoms with Crippen molar-refractivity contribution in [1.29, 1.82) is 0 Å². The highest BCUT2D eigenvalue weighted by molar-refractivity contribution is 5.91. The quantitative estimate of drug-likeness (QED) is 0.680. The van der Waals surface area contributed by atoms with E-state index in [0.29, 0.717) is 36.2 Å². The van der Waals surface area contributed by atoms with Gasteiger partial charge in [-0.25, -0.2) is 0 Å². The predicted octanol–water partition coefficient (Wildman–Crippen LogP) is 3.37. The lowest BCUT2D eigenvalue weighted by Crippen LogP contribution is -2.45. The Labute approximate surface area is 162 Å². The Bertz CT molecular complexity index is 559. The highest BCUT2D eigenvalue weighted by Gasteiger charge is 2.44. The fourth-order valence-corrected chi connectivity index (χ4v) is 5.81. The van der Waals surface area contributed by atoms with Gasteiger partial charge in [0.1, 0.15) is 0 Å². The Morgan fingerprint density at radius 3 is 2.70 bits per heavy atom. The molecular formula is C22H35NO4. The largest absolute Gasteiger partial charge is 0.459 e. The highest BCUT2D eigenvalue weighted by Crippen LogP contribution is 2.46. The number of aliphatic hydroxyl groups is 1. The zero-order valence-corrected chi connectivity index (χ0v) is 16.6. The molecule has 3 unspecified atom stereocenters. The molecule has 2 N–H and O–H groups in total. The minimum atomic E-state index is -0.377. The van der Waals surface area contributed by atoms with Crippen LogP contribution in [0.4, 0.5) is 0 Å². The lowest BCUT2D eigenvalue weighted by molar-refractivity contribution is -0.178. The van der Waals surface area contributed by atoms with Crippen LogP contribution < -0.4 is 5.32 Å². The van der Waals surface area contributed by atoms with Crippen LogP contribution in [-0.4, -0.2) is 36.6 Å². The Hall–Kier alpha value is -1.07. The normalized spacial score (nSPS) is 38.2. The maximum atomic E-state index is 13.0. The molecule has 0 saturated heterocycles. The molecule has 0 aromatic carbocycles. The lowest BCUT2D eigenvalue weighted by atomic mass is 9.68. The maximum Gasteiger partial charge on any atom is 0.286 e. The minimum Gasteiger partial charge on any atom is -0.459 e. The van der Waals surface area contributed by atoms with Gasteiger partial charge in [0.15, 0.2) is 5.76 Å². The number of hydrogen-bond acceptors (Lipinski definition) is 4. The summed E-state index contributed by atoms with van der Waals surface area (Å²) in [6, 6.07) is 0.320. The third-order valence-electron chi connectivity index (χ3n) is 7.43. The van der Waals surface area contributed by atoms with E-state index in [1.807, 2.05) is 6.92 Å². The molecule has 5 nitrogen and oxygen atoms in total. The monoisotopic (exact) mass is 377 g/mol. The number of amides is 1. The Morgan fingerprint density at radius 1 is 1.26 bits per heavy atom. The number of carbonyl (C=O) groups is 1. The van der Waals surface area contributed by atoms with Gasteiger partial charge < -0.3 is 19.9 Å². The van der Waals surface area contributed by atoms with E-state index in [4.69, 9.17) is 9.47 Å². The van der Waals surface area contributed by atoms with Gasteiger partial charge in [0, 0.05) is 25.2 Å². The van der Waals surface area contributed by atoms with Gasteiger partial charge in [-0.1, -0.05) is 12.8 Å². The number of carbonyl (C=O) groups excluding carboxylic acids is 1. The fraction of sp³-hybridized carbons (Fsp3) is 0.864. The molecule has 2 bridgehead atoms. The molecule has 3 fully saturated rings. The van der Waals surface area contributed by atoms with Gasteiger partial charge >= 0.3 is 0 Å². The van der Waals surface area contributed by atoms with Crippen LogP contribution in [0.15, 0.2) is 11.8 Å². The number of rotatable bonds is 8. The first kappa shape index (κ1) is 19.3. The summed E-state index contributed by atoms with van der Waals surface area (Å²) in [5.74, 6) is 3.04. The Morgan fingerprint density at radius 2 is 2.11 bits per heavy atom. The van der Waals surface area contributed by atoms with Crippen molar-refractivity contribution in [3.8, 4) is 0 Å². The number of hydrogen-bond donors (Lipinski definition) is 2. The Balaban J connectivity index is 1.48. The second-order valence-electron chi connectivity index (χ2n) is 9.03. The van der Waals surface area contributed by atoms with E-state index in [0.717, 1.165) is 25.2 Å². The molecule has 1 aliphatic heterocycles. The van der Waals surface area contributed by atoms with Crippen molar-refractivity contribution >= 4 is 5.91 Å². The third-order valence-corrected chi connectivity index (χ3v) is 7.43. The lowest BCUT2D eigenvalue weighted by Gasteiger charge is -2.43. The molecule has 0 spiro atoms. The molecule has 1 heterocycles. The molecule has 3 aliphatic carbocycles. The summed E-state index contributed by atoms with van der Waals surface area (Å²) < 4.78 is 12.0. The van der Waals surface area contributed by atoms with Crippen molar-refractivity contribution in [1.82, 2.24) is 5.32 Å². The fourth-order valence-electron chi connectivity index (χ4n) is 5.81. The molecule has 4 aliphatic rings. The van der Waals surface area contributed by atoms with Crippen molar-refractivity contribution < 1.29 is 19.4 Å². The number of allylic oxidation sites excluding steroid dienone is 1. The summed E-state index contributed by atoms with van der Waals surface area (Å²) in [7, 11) is 0. The van der Waals surface area contributed by atoms with E-state index in [1.165, 1.54) is 38.5 Å². The molecule has 5 heteroatoms. The highest BCUT2D eigenvalue weighted by atomic mass is 16.7. The smallest absolute Gasteiger partial charge is 0.286 e. The van der Waals surface area contributed by atoms with Gasteiger partial charge in [0.05, 0.1) is 0 Å². The Kier molecular flexibility index (Phi) is 6.08. The topological polar surface area (TPSA) is 67.8 Å². The van der Waals surface area contributed by atoms with E-state index < -0.39 is 0 Å². The molecule has 0 aromatic rings. The van der Waals surface area contributed by atoms with Crippen molar-refractivity contribution in [3.63, 3.8) is 0 Å². The first-order chi connectivity index (χ1) is 13.2. The van der Waals surface area contributed by atoms with Gasteiger partial charge in [-0.3, -0.25) is 4.79 Å². The maximum absolute atomic E-state index is 13.0. The van der Waals surface area contributed by atoms with Gasteiger partial charge in [0.2, 0.25) is 6.29 Å². The summed E-state index contributed by atoms with van der Waals surface area (Å²) in [6.07, 6.45) is 12.0. The van der Waals surface area contributed by atoms with Crippen LogP contribution >= 0.6 is 0 Å². The van der Waals surface area contributed by atoms with Crippen molar-refractivity contribution in [2.24, 2.45) is 29.6 Å². The first-order valence-corrected chi connectivity index (χ1v) is 11.1. The minimum absolute atomic E-state index is 0.0535. The zero-order chi connectivity index (χ0) is 18.8. The second kappa shape index (κ2) is 8.52. The molecule has 4 rings (SSSR count). The number of ether oxygens (including phenoxy) is 2. The average Bonchev–Trinajstić information content (AvgIpc) is 3.22. The van der Waals surface area contributed by atoms with Gasteiger partial charge in [0.25, 0.3) is 5.91 Å². The molecule has 0 radical (unpaired) electrons. The van der Waals surface area contributed by atoms with Crippen LogP contribution in [0, 0.1) is 29.6 Å². The summed E-state index contributed by atoms with van der Waals surface area (Å²) in [5, 5.41) is 12.6. The molecule has 27 heavy (non-hydrogen) atoms. The number of fused-ring (bicyclic) bond motifs is 2. The van der Waals surface area contributed by atoms with Gasteiger partial charge in [-0.05, 0) is 81.6 Å². The number of aliphatic hydroxyl groups excluding tert-OH is 1. The van der Waals surface area contributed by atoms with Crippen LogP contribution in [0.2, 0.25) is 0 Å². The van der Waals surface area contributed by atoms with Crippen molar-refractivity contribution in [2.75, 3.05) is 13.2 Å². The summed E-state index contributed by atoms with van der Waals surface area (Å²) >= 11 is 0. The van der Waals surface area contributed by atoms with Gasteiger partial charge in [-0.15, -0.1) is 0 Å². The molecule has 152 valence electrons. The van der Waals surface area contributed by atoms with E-state index in [-0.39, 0.29) is 24.7 Å². The summed E-state index contributed by atoms with van der Waals surface area (Å²) in [5.41, 5.74) is 0. The van der Waals surface area contributed by atoms with Crippen LogP contribution in [0.25, 0.3) is 0 Å². The van der Waals surface area contributed by atoms with E-state index in [1.54, 1.807) is 0 Å². The second-order valence-corrected chi connectivity index (χ2v) is 9.03. The summed E-state index contributed by atoms with van der Waals surface area (Å²) in [4.78, 5) is 13.0. The standard InChI is InChI=1S/C22H35NO4/c1-2-26-22-17(7-4-10-24)18(15-5-3-6-15)13-20(27-22)21(25)23-19-12-14-8-9-16(19)11-14/h13-19,22,24H,2-12H2,1H3,(H,23,25)/t14?,16?,17-,18+,19?,22+/m1/s1. The van der Waals surface area contributed by atoms with E-state index >= 15 is 0 Å². The molecule has 0 aromatic heterocycles. The molecule has 1 amide bonds. The zero-order valence-electron chi connectivity index (χ0n) is 16.6. The summed E-state index contributed by atoms with van der Waals surface area (Å²) in [6.45, 7) is 2.73. The molecule has 3 saturated carbocycles. The van der Waals surface area contributed by atoms with Crippen LogP contribution in [0.3, 0.4) is 0 Å². The van der Waals surface area contributed by atoms with Crippen molar-refractivity contribution in [3.05, 3.63) is 11.8 Å². The SMILES string of the molecule is CCO[C@H]1OC(C(=O)NC2CC3CCC2C3)=C[C@@H](C2CCC2)[C@H]1CCCO. The van der Waals surface area contributed by atoms with E-state index in [9.17, 15) is 9.90 Å². The number of nitrogens with one attached hydrogen (secondary N) is 1. The van der Waals surface area contributed by atoms with Crippen LogP contribution in [0.1, 0.15) is 64.7 Å². The van der Waals surface area contributed by atoms with Crippen LogP contribution in [0.5, 0.6) is 0 Å². The first-order valence-electron chi connectivity index (χ1n) is 11.1. The molecule has 6 atom stereocenters. The predicted molar refractivity (Wildman–Crippen MR) is 103 cm³/mol. The molecular weight excluding hydrogens is 342 g/mol.